The van der Waals surface area contributed by atoms with E-state index in [1.54, 1.807) is 117 Å². The molecule has 0 atom stereocenters. The zero-order chi connectivity index (χ0) is 48.1. The van der Waals surface area contributed by atoms with Gasteiger partial charge in [0, 0.05) is 0 Å². The van der Waals surface area contributed by atoms with Gasteiger partial charge in [-0.15, -0.1) is 0 Å². The van der Waals surface area contributed by atoms with Crippen LogP contribution in [0.25, 0.3) is 0 Å². The first-order valence-corrected chi connectivity index (χ1v) is 61.1. The Bertz CT molecular complexity index is 795. The number of hydrogen-bond acceptors (Lipinski definition) is 1. The van der Waals surface area contributed by atoms with Crippen molar-refractivity contribution in [2.45, 2.75) is 379 Å². The summed E-state index contributed by atoms with van der Waals surface area (Å²) in [5, 5.41) is 17.2. The Morgan fingerprint density at radius 1 is 0.169 bits per heavy atom. The first-order chi connectivity index (χ1) is 31.8. The molecule has 1 nitrogen and oxygen atoms in total. The Kier molecular flexibility index (Phi) is 48.7. The summed E-state index contributed by atoms with van der Waals surface area (Å²) in [7, 11) is 0. The van der Waals surface area contributed by atoms with Gasteiger partial charge in [0.2, 0.25) is 0 Å². The molecule has 0 aliphatic heterocycles. The van der Waals surface area contributed by atoms with Gasteiger partial charge in [-0.05, 0) is 0 Å². The summed E-state index contributed by atoms with van der Waals surface area (Å²) in [5.41, 5.74) is 0. The van der Waals surface area contributed by atoms with E-state index in [2.05, 4.69) is 69.2 Å². The van der Waals surface area contributed by atoms with Crippen LogP contribution in [-0.4, -0.2) is 45.9 Å². The van der Waals surface area contributed by atoms with Crippen molar-refractivity contribution in [1.29, 1.82) is 0 Å². The standard InChI is InChI=1S/C60H130Ge4O/c1-11-21-31-41-51-61(52-42-32-22-12-2,53-43-33-23-13-3)63(57-47-37-27-17-7,58-48-38-28-18-8)65-64(59-49-39-29-19-9,60-50-40-30-20-10)62(54-44-34-24-14-4,55-45-35-25-15-5)56-46-36-26-16-6/h11-60H2,1-10H3. The summed E-state index contributed by atoms with van der Waals surface area (Å²) >= 11 is -10.9. The Morgan fingerprint density at radius 2 is 0.308 bits per heavy atom. The molecule has 0 rings (SSSR count). The summed E-state index contributed by atoms with van der Waals surface area (Å²) in [4.78, 5) is 0. The third kappa shape index (κ3) is 29.4. The number of rotatable bonds is 54. The van der Waals surface area contributed by atoms with E-state index in [0.29, 0.717) is 0 Å². The van der Waals surface area contributed by atoms with Crippen molar-refractivity contribution in [3.63, 3.8) is 0 Å². The van der Waals surface area contributed by atoms with Gasteiger partial charge in [0.25, 0.3) is 0 Å². The van der Waals surface area contributed by atoms with Crippen LogP contribution in [0.2, 0.25) is 52.5 Å². The molecule has 5 heteroatoms. The van der Waals surface area contributed by atoms with E-state index in [1.165, 1.54) is 193 Å². The summed E-state index contributed by atoms with van der Waals surface area (Å²) in [6, 6.07) is 0. The molecule has 0 aromatic heterocycles. The Hall–Kier alpha value is 2.13. The average molecular weight is 1160 g/mol. The van der Waals surface area contributed by atoms with E-state index in [0.717, 1.165) is 0 Å². The summed E-state index contributed by atoms with van der Waals surface area (Å²) in [6.45, 7) is 24.8. The predicted molar refractivity (Wildman–Crippen MR) is 314 cm³/mol. The Balaban J connectivity index is 8.87. The van der Waals surface area contributed by atoms with Gasteiger partial charge in [0.1, 0.15) is 0 Å². The molecule has 0 bridgehead atoms. The van der Waals surface area contributed by atoms with Crippen LogP contribution in [-0.2, 0) is 2.79 Å². The molecular weight excluding hydrogens is 1030 g/mol. The average Bonchev–Trinajstić information content (AvgIpc) is 3.31. The van der Waals surface area contributed by atoms with Gasteiger partial charge in [-0.2, -0.15) is 0 Å². The van der Waals surface area contributed by atoms with Crippen molar-refractivity contribution in [3.05, 3.63) is 0 Å². The molecule has 0 fully saturated rings. The van der Waals surface area contributed by atoms with Gasteiger partial charge < -0.3 is 0 Å². The second kappa shape index (κ2) is 47.2. The minimum atomic E-state index is -2.91. The first kappa shape index (κ1) is 67.1. The van der Waals surface area contributed by atoms with Gasteiger partial charge in [-0.1, -0.05) is 0 Å². The molecule has 0 radical (unpaired) electrons. The topological polar surface area (TPSA) is 9.23 Å². The Morgan fingerprint density at radius 3 is 0.446 bits per heavy atom. The number of hydrogen-bond donors (Lipinski definition) is 0. The summed E-state index contributed by atoms with van der Waals surface area (Å²) in [6.07, 6.45) is 59.5. The van der Waals surface area contributed by atoms with Crippen LogP contribution in [0.3, 0.4) is 0 Å². The Labute approximate surface area is 423 Å². The fraction of sp³-hybridized carbons (Fsp3) is 1.00. The van der Waals surface area contributed by atoms with E-state index >= 15 is 0 Å². The van der Waals surface area contributed by atoms with Crippen molar-refractivity contribution in [2.24, 2.45) is 0 Å². The van der Waals surface area contributed by atoms with Crippen LogP contribution >= 0.6 is 0 Å². The van der Waals surface area contributed by atoms with Gasteiger partial charge in [-0.3, -0.25) is 0 Å². The van der Waals surface area contributed by atoms with Crippen LogP contribution in [0, 0.1) is 0 Å². The SMILES string of the molecule is CCCCC[CH2][Ge]([CH2]CCCCC)([CH2]CCCCC)[Ge]([CH2]CCCCC)([CH2]CCCCC)[O][Ge]([CH2]CCCCC)([CH2]CCCCC)[Ge]([CH2]CCCCC)([CH2]CCCCC)[CH2]CCCCC. The van der Waals surface area contributed by atoms with Crippen molar-refractivity contribution < 1.29 is 2.79 Å². The van der Waals surface area contributed by atoms with E-state index < -0.39 is 45.9 Å². The van der Waals surface area contributed by atoms with E-state index in [9.17, 15) is 2.79 Å². The molecule has 0 aliphatic carbocycles. The first-order valence-electron chi connectivity index (χ1n) is 31.5. The number of unbranched alkanes of at least 4 members (excludes halogenated alkanes) is 30. The molecule has 0 heterocycles. The quantitative estimate of drug-likeness (QED) is 0.0436. The second-order valence-electron chi connectivity index (χ2n) is 22.8. The van der Waals surface area contributed by atoms with Crippen LogP contribution in [0.15, 0.2) is 0 Å². The molecule has 65 heavy (non-hydrogen) atoms. The molecule has 0 aromatic rings. The fourth-order valence-electron chi connectivity index (χ4n) is 12.9. The van der Waals surface area contributed by atoms with E-state index in [4.69, 9.17) is 0 Å². The molecule has 0 spiro atoms. The summed E-state index contributed by atoms with van der Waals surface area (Å²) < 4.78 is 9.96. The molecule has 392 valence electrons. The monoisotopic (exact) mass is 1160 g/mol. The van der Waals surface area contributed by atoms with E-state index in [1.807, 2.05) is 0 Å². The van der Waals surface area contributed by atoms with Gasteiger partial charge >= 0.3 is 427 Å². The third-order valence-electron chi connectivity index (χ3n) is 17.1. The molecule has 0 unspecified atom stereocenters. The molecule has 0 saturated heterocycles. The van der Waals surface area contributed by atoms with Crippen molar-refractivity contribution in [1.82, 2.24) is 0 Å². The minimum absolute atomic E-state index is 1.39. The molecule has 0 aromatic carbocycles. The van der Waals surface area contributed by atoms with Crippen LogP contribution in [0.4, 0.5) is 0 Å². The van der Waals surface area contributed by atoms with Crippen molar-refractivity contribution >= 4 is 45.9 Å². The van der Waals surface area contributed by atoms with Gasteiger partial charge in [0.05, 0.1) is 0 Å². The maximum absolute atomic E-state index is 9.96. The zero-order valence-electron chi connectivity index (χ0n) is 47.8. The molecule has 0 aliphatic rings. The molecule has 0 saturated carbocycles. The fourth-order valence-corrected chi connectivity index (χ4v) is 198. The zero-order valence-corrected chi connectivity index (χ0v) is 56.2. The molecule has 0 amide bonds. The van der Waals surface area contributed by atoms with E-state index in [-0.39, 0.29) is 0 Å². The maximum atomic E-state index is 9.96. The van der Waals surface area contributed by atoms with Crippen LogP contribution in [0.5, 0.6) is 0 Å². The van der Waals surface area contributed by atoms with Crippen molar-refractivity contribution in [2.75, 3.05) is 0 Å². The second-order valence-corrected chi connectivity index (χ2v) is 98.0. The van der Waals surface area contributed by atoms with Crippen LogP contribution < -0.4 is 0 Å². The third-order valence-corrected chi connectivity index (χ3v) is 143. The molecule has 0 N–H and O–H groups in total. The van der Waals surface area contributed by atoms with Gasteiger partial charge in [0.15, 0.2) is 0 Å². The van der Waals surface area contributed by atoms with Crippen molar-refractivity contribution in [3.8, 4) is 0 Å². The predicted octanol–water partition coefficient (Wildman–Crippen LogP) is 23.8. The van der Waals surface area contributed by atoms with Gasteiger partial charge in [-0.25, -0.2) is 0 Å². The summed E-state index contributed by atoms with van der Waals surface area (Å²) in [5.74, 6) is 0. The van der Waals surface area contributed by atoms with Crippen LogP contribution in [0.1, 0.15) is 326 Å². The molecular formula is C60H130Ge4O. The normalized spacial score (nSPS) is 12.8.